The summed E-state index contributed by atoms with van der Waals surface area (Å²) in [7, 11) is 1.89. The second-order valence-electron chi connectivity index (χ2n) is 7.41. The highest BCUT2D eigenvalue weighted by molar-refractivity contribution is 5.76. The van der Waals surface area contributed by atoms with Crippen LogP contribution in [-0.2, 0) is 22.6 Å². The molecule has 7 nitrogen and oxygen atoms in total. The Labute approximate surface area is 175 Å². The number of halogens is 1. The fourth-order valence-electron chi connectivity index (χ4n) is 3.55. The van der Waals surface area contributed by atoms with Crippen LogP contribution < -0.4 is 5.32 Å². The van der Waals surface area contributed by atoms with Crippen LogP contribution in [0.2, 0.25) is 0 Å². The van der Waals surface area contributed by atoms with Gasteiger partial charge in [-0.2, -0.15) is 0 Å². The van der Waals surface area contributed by atoms with Crippen LogP contribution in [-0.4, -0.2) is 65.2 Å². The molecule has 1 fully saturated rings. The summed E-state index contributed by atoms with van der Waals surface area (Å²) >= 11 is 0. The number of nitrogens with one attached hydrogen (secondary N) is 1. The number of hydrogen-bond acceptors (Lipinski definition) is 5. The number of phenolic OH excluding ortho intramolecular Hbond substituents is 1. The van der Waals surface area contributed by atoms with E-state index in [-0.39, 0.29) is 17.5 Å². The molecule has 8 heteroatoms. The van der Waals surface area contributed by atoms with Crippen molar-refractivity contribution >= 4 is 12.3 Å². The van der Waals surface area contributed by atoms with E-state index in [2.05, 4.69) is 5.32 Å². The van der Waals surface area contributed by atoms with E-state index in [9.17, 15) is 19.1 Å². The van der Waals surface area contributed by atoms with E-state index in [0.717, 1.165) is 11.1 Å². The molecule has 1 aliphatic heterocycles. The molecule has 0 aliphatic carbocycles. The first-order valence-corrected chi connectivity index (χ1v) is 9.94. The van der Waals surface area contributed by atoms with Crippen molar-refractivity contribution in [2.75, 3.05) is 26.7 Å². The van der Waals surface area contributed by atoms with Crippen molar-refractivity contribution < 1.29 is 19.1 Å². The highest BCUT2D eigenvalue weighted by Crippen LogP contribution is 2.17. The minimum absolute atomic E-state index is 0.0194. The third kappa shape index (κ3) is 5.77. The summed E-state index contributed by atoms with van der Waals surface area (Å²) < 4.78 is 13.1. The maximum atomic E-state index is 13.1. The van der Waals surface area contributed by atoms with Crippen molar-refractivity contribution in [1.29, 1.82) is 0 Å². The Morgan fingerprint density at radius 3 is 2.47 bits per heavy atom. The van der Waals surface area contributed by atoms with Gasteiger partial charge >= 0.3 is 0 Å². The topological polar surface area (TPSA) is 76.1 Å². The highest BCUT2D eigenvalue weighted by atomic mass is 19.1. The quantitative estimate of drug-likeness (QED) is 0.675. The fraction of sp³-hybridized carbons (Fsp3) is 0.364. The number of carbonyl (C=O) groups is 2. The summed E-state index contributed by atoms with van der Waals surface area (Å²) in [4.78, 5) is 25.8. The van der Waals surface area contributed by atoms with Gasteiger partial charge in [0, 0.05) is 33.1 Å². The molecule has 0 spiro atoms. The number of rotatable bonds is 7. The van der Waals surface area contributed by atoms with Gasteiger partial charge in [0.2, 0.25) is 12.3 Å². The number of benzene rings is 2. The molecule has 3 rings (SSSR count). The molecule has 1 heterocycles. The second kappa shape index (κ2) is 10.2. The van der Waals surface area contributed by atoms with E-state index in [0.29, 0.717) is 45.4 Å². The van der Waals surface area contributed by atoms with E-state index < -0.39 is 6.17 Å². The number of hydrogen-bond donors (Lipinski definition) is 2. The zero-order valence-corrected chi connectivity index (χ0v) is 17.0. The van der Waals surface area contributed by atoms with Crippen LogP contribution in [0.4, 0.5) is 4.39 Å². The molecular weight excluding hydrogens is 387 g/mol. The van der Waals surface area contributed by atoms with Crippen LogP contribution >= 0.6 is 0 Å². The number of hydrazine groups is 1. The summed E-state index contributed by atoms with van der Waals surface area (Å²) in [5, 5.41) is 16.3. The Morgan fingerprint density at radius 2 is 1.80 bits per heavy atom. The van der Waals surface area contributed by atoms with Crippen molar-refractivity contribution in [3.8, 4) is 5.75 Å². The molecule has 1 unspecified atom stereocenters. The normalized spacial score (nSPS) is 18.7. The molecule has 0 bridgehead atoms. The Morgan fingerprint density at radius 1 is 1.13 bits per heavy atom. The first-order valence-electron chi connectivity index (χ1n) is 9.94. The van der Waals surface area contributed by atoms with Crippen LogP contribution in [0, 0.1) is 5.82 Å². The lowest BCUT2D eigenvalue weighted by molar-refractivity contribution is -0.143. The van der Waals surface area contributed by atoms with Crippen LogP contribution in [0.25, 0.3) is 0 Å². The molecule has 2 amide bonds. The molecule has 0 aromatic heterocycles. The van der Waals surface area contributed by atoms with Crippen LogP contribution in [0.1, 0.15) is 17.5 Å². The van der Waals surface area contributed by atoms with Crippen molar-refractivity contribution in [2.24, 2.45) is 0 Å². The van der Waals surface area contributed by atoms with Crippen LogP contribution in [0.15, 0.2) is 48.5 Å². The van der Waals surface area contributed by atoms with Crippen molar-refractivity contribution in [2.45, 2.75) is 25.6 Å². The van der Waals surface area contributed by atoms with Crippen LogP contribution in [0.3, 0.4) is 0 Å². The van der Waals surface area contributed by atoms with Gasteiger partial charge in [0.1, 0.15) is 17.7 Å². The number of phenols is 1. The molecular formula is C22H27FN4O3. The lowest BCUT2D eigenvalue weighted by Gasteiger charge is -2.42. The largest absolute Gasteiger partial charge is 0.508 e. The summed E-state index contributed by atoms with van der Waals surface area (Å²) in [6.45, 7) is 1.85. The minimum Gasteiger partial charge on any atom is -0.508 e. The summed E-state index contributed by atoms with van der Waals surface area (Å²) in [5.74, 6) is -0.0740. The lowest BCUT2D eigenvalue weighted by Crippen LogP contribution is -2.60. The molecule has 0 radical (unpaired) electrons. The van der Waals surface area contributed by atoms with Gasteiger partial charge in [-0.3, -0.25) is 9.59 Å². The Kier molecular flexibility index (Phi) is 7.37. The molecule has 30 heavy (non-hydrogen) atoms. The molecule has 2 N–H and O–H groups in total. The van der Waals surface area contributed by atoms with Crippen molar-refractivity contribution in [3.05, 3.63) is 65.5 Å². The first kappa shape index (κ1) is 21.7. The number of nitrogens with zero attached hydrogens (tertiary/aromatic N) is 3. The lowest BCUT2D eigenvalue weighted by atomic mass is 10.1. The van der Waals surface area contributed by atoms with Gasteiger partial charge in [0.25, 0.3) is 0 Å². The molecule has 1 atom stereocenters. The zero-order valence-electron chi connectivity index (χ0n) is 17.0. The second-order valence-corrected chi connectivity index (χ2v) is 7.41. The Bertz CT molecular complexity index is 844. The number of amides is 2. The van der Waals surface area contributed by atoms with E-state index in [1.807, 2.05) is 29.2 Å². The Balaban J connectivity index is 1.74. The molecule has 160 valence electrons. The van der Waals surface area contributed by atoms with Gasteiger partial charge in [-0.25, -0.2) is 14.4 Å². The van der Waals surface area contributed by atoms with Crippen molar-refractivity contribution in [1.82, 2.24) is 20.2 Å². The van der Waals surface area contributed by atoms with E-state index in [4.69, 9.17) is 0 Å². The van der Waals surface area contributed by atoms with E-state index >= 15 is 0 Å². The predicted octanol–water partition coefficient (Wildman–Crippen LogP) is 1.73. The minimum atomic E-state index is -0.404. The van der Waals surface area contributed by atoms with Gasteiger partial charge < -0.3 is 15.3 Å². The van der Waals surface area contributed by atoms with E-state index in [1.54, 1.807) is 29.2 Å². The number of carbonyl (C=O) groups excluding carboxylic acids is 2. The number of aromatic hydroxyl groups is 1. The zero-order chi connectivity index (χ0) is 21.5. The standard InChI is InChI=1S/C22H27FN4O3/c1-25-12-11-22(30)26(13-10-17-2-6-19(23)7-3-17)15-21(24-16-28)27(25)14-18-4-8-20(29)9-5-18/h2-9,16,21,29H,10-15H2,1H3,(H,24,28). The Hall–Kier alpha value is -2.97. The first-order chi connectivity index (χ1) is 14.5. The molecule has 1 aliphatic rings. The smallest absolute Gasteiger partial charge is 0.224 e. The third-order valence-corrected chi connectivity index (χ3v) is 5.32. The maximum Gasteiger partial charge on any atom is 0.224 e. The average Bonchev–Trinajstić information content (AvgIpc) is 2.74. The van der Waals surface area contributed by atoms with E-state index in [1.165, 1.54) is 12.1 Å². The fourth-order valence-corrected chi connectivity index (χ4v) is 3.55. The van der Waals surface area contributed by atoms with Gasteiger partial charge in [-0.15, -0.1) is 0 Å². The monoisotopic (exact) mass is 414 g/mol. The molecule has 2 aromatic rings. The highest BCUT2D eigenvalue weighted by Gasteiger charge is 2.29. The molecule has 2 aromatic carbocycles. The maximum absolute atomic E-state index is 13.1. The van der Waals surface area contributed by atoms with Crippen LogP contribution in [0.5, 0.6) is 5.75 Å². The average molecular weight is 414 g/mol. The predicted molar refractivity (Wildman–Crippen MR) is 111 cm³/mol. The van der Waals surface area contributed by atoms with Gasteiger partial charge in [-0.1, -0.05) is 24.3 Å². The molecule has 1 saturated heterocycles. The van der Waals surface area contributed by atoms with Gasteiger partial charge in [-0.05, 0) is 41.8 Å². The summed E-state index contributed by atoms with van der Waals surface area (Å²) in [6, 6.07) is 13.2. The summed E-state index contributed by atoms with van der Waals surface area (Å²) in [6.07, 6.45) is 1.21. The van der Waals surface area contributed by atoms with Gasteiger partial charge in [0.05, 0.1) is 6.54 Å². The van der Waals surface area contributed by atoms with Crippen molar-refractivity contribution in [3.63, 3.8) is 0 Å². The SMILES string of the molecule is CN1CCC(=O)N(CCc2ccc(F)cc2)CC(NC=O)N1Cc1ccc(O)cc1. The molecule has 0 saturated carbocycles. The van der Waals surface area contributed by atoms with Gasteiger partial charge in [0.15, 0.2) is 0 Å². The summed E-state index contributed by atoms with van der Waals surface area (Å²) in [5.41, 5.74) is 1.92. The third-order valence-electron chi connectivity index (χ3n) is 5.32.